The van der Waals surface area contributed by atoms with E-state index < -0.39 is 11.2 Å². The van der Waals surface area contributed by atoms with Gasteiger partial charge in [0.05, 0.1) is 23.4 Å². The summed E-state index contributed by atoms with van der Waals surface area (Å²) in [5.41, 5.74) is 1.01. The maximum absolute atomic E-state index is 13.0. The van der Waals surface area contributed by atoms with Gasteiger partial charge in [-0.25, -0.2) is 0 Å². The first kappa shape index (κ1) is 19.4. The molecule has 0 atom stereocenters. The summed E-state index contributed by atoms with van der Waals surface area (Å²) >= 11 is 10.5. The number of nitrogens with zero attached hydrogens (tertiary/aromatic N) is 2. The first-order chi connectivity index (χ1) is 12.9. The van der Waals surface area contributed by atoms with Crippen molar-refractivity contribution in [1.29, 1.82) is 0 Å². The molecule has 0 unspecified atom stereocenters. The predicted molar refractivity (Wildman–Crippen MR) is 102 cm³/mol. The molecule has 1 aliphatic heterocycles. The summed E-state index contributed by atoms with van der Waals surface area (Å²) < 4.78 is 5.29. The average Bonchev–Trinajstić information content (AvgIpc) is 3.15. The van der Waals surface area contributed by atoms with Gasteiger partial charge >= 0.3 is 0 Å². The lowest BCUT2D eigenvalue weighted by Gasteiger charge is -2.31. The molecule has 8 nitrogen and oxygen atoms in total. The first-order valence-corrected chi connectivity index (χ1v) is 9.15. The third-order valence-electron chi connectivity index (χ3n) is 4.31. The van der Waals surface area contributed by atoms with Gasteiger partial charge in [0.1, 0.15) is 11.9 Å². The van der Waals surface area contributed by atoms with Gasteiger partial charge in [0, 0.05) is 23.7 Å². The van der Waals surface area contributed by atoms with E-state index in [1.165, 1.54) is 0 Å². The molecule has 0 radical (unpaired) electrons. The molecule has 27 heavy (non-hydrogen) atoms. The summed E-state index contributed by atoms with van der Waals surface area (Å²) in [6.07, 6.45) is 1.91. The zero-order valence-corrected chi connectivity index (χ0v) is 15.9. The van der Waals surface area contributed by atoms with Crippen LogP contribution in [0.2, 0.25) is 5.02 Å². The number of likely N-dealkylation sites (tertiary alicyclic amines) is 1. The molecular weight excluding hydrogens is 394 g/mol. The number of carbonyl (C=O) groups excluding carboxylic acids is 1. The number of amides is 1. The van der Waals surface area contributed by atoms with E-state index in [0.717, 1.165) is 5.76 Å². The second-order valence-corrected chi connectivity index (χ2v) is 6.99. The highest BCUT2D eigenvalue weighted by Crippen LogP contribution is 2.30. The van der Waals surface area contributed by atoms with Crippen molar-refractivity contribution in [2.45, 2.75) is 30.4 Å². The molecular formula is C17H18ClN3O5S. The molecule has 0 saturated carbocycles. The van der Waals surface area contributed by atoms with Gasteiger partial charge < -0.3 is 19.5 Å². The quantitative estimate of drug-likeness (QED) is 0.427. The molecule has 1 saturated heterocycles. The Morgan fingerprint density at radius 1 is 1.44 bits per heavy atom. The van der Waals surface area contributed by atoms with E-state index in [2.05, 4.69) is 22.8 Å². The molecule has 1 N–H and O–H groups in total. The highest BCUT2D eigenvalue weighted by Gasteiger charge is 2.27. The molecule has 2 aromatic rings. The van der Waals surface area contributed by atoms with Gasteiger partial charge in [0.25, 0.3) is 11.0 Å². The molecule has 1 aromatic heterocycles. The van der Waals surface area contributed by atoms with Crippen LogP contribution in [0, 0.1) is 10.1 Å². The van der Waals surface area contributed by atoms with E-state index in [9.17, 15) is 14.9 Å². The Balaban J connectivity index is 1.73. The minimum Gasteiger partial charge on any atom is -0.467 e. The molecule has 2 heterocycles. The summed E-state index contributed by atoms with van der Waals surface area (Å²) in [7, 11) is 0. The van der Waals surface area contributed by atoms with Gasteiger partial charge in [-0.2, -0.15) is 0 Å². The highest BCUT2D eigenvalue weighted by molar-refractivity contribution is 7.80. The van der Waals surface area contributed by atoms with E-state index >= 15 is 0 Å². The summed E-state index contributed by atoms with van der Waals surface area (Å²) in [5, 5.41) is 13.3. The second kappa shape index (κ2) is 8.53. The van der Waals surface area contributed by atoms with Crippen LogP contribution in [0.5, 0.6) is 0 Å². The number of benzene rings is 1. The first-order valence-electron chi connectivity index (χ1n) is 8.33. The molecule has 1 fully saturated rings. The Bertz CT molecular complexity index is 822. The molecule has 10 heteroatoms. The number of thiol groups is 1. The van der Waals surface area contributed by atoms with Gasteiger partial charge in [0.2, 0.25) is 0 Å². The summed E-state index contributed by atoms with van der Waals surface area (Å²) in [6.45, 7) is 1.15. The van der Waals surface area contributed by atoms with E-state index in [1.54, 1.807) is 29.4 Å². The molecule has 1 aromatic carbocycles. The zero-order valence-electron chi connectivity index (χ0n) is 14.3. The number of hydrogen-bond donors (Lipinski definition) is 2. The standard InChI is InChI=1S/C17H18ClN3O5S/c18-14-9-15(19-10-12-2-1-7-25-12)13(8-16(14)27)17(22)20-5-3-11(4-6-20)26-21(23)24/h1-2,7-9,11,19,27H,3-6,10H2. The van der Waals surface area contributed by atoms with Crippen LogP contribution in [0.1, 0.15) is 29.0 Å². The lowest BCUT2D eigenvalue weighted by atomic mass is 10.1. The molecule has 0 aliphatic carbocycles. The normalized spacial score (nSPS) is 14.8. The number of hydrogen-bond acceptors (Lipinski definition) is 7. The Kier molecular flexibility index (Phi) is 6.12. The van der Waals surface area contributed by atoms with E-state index in [0.29, 0.717) is 53.6 Å². The molecule has 1 amide bonds. The highest BCUT2D eigenvalue weighted by atomic mass is 35.5. The van der Waals surface area contributed by atoms with Crippen molar-refractivity contribution >= 4 is 35.8 Å². The van der Waals surface area contributed by atoms with E-state index in [1.807, 2.05) is 6.07 Å². The lowest BCUT2D eigenvalue weighted by Crippen LogP contribution is -2.41. The molecule has 0 bridgehead atoms. The van der Waals surface area contributed by atoms with Gasteiger partial charge in [0.15, 0.2) is 0 Å². The Hall–Kier alpha value is -2.39. The molecule has 3 rings (SSSR count). The van der Waals surface area contributed by atoms with Crippen molar-refractivity contribution in [1.82, 2.24) is 4.90 Å². The predicted octanol–water partition coefficient (Wildman–Crippen LogP) is 3.65. The van der Waals surface area contributed by atoms with E-state index in [4.69, 9.17) is 16.0 Å². The SMILES string of the molecule is O=C(c1cc(S)c(Cl)cc1NCc1ccco1)N1CCC(O[N+](=O)[O-])CC1. The third-order valence-corrected chi connectivity index (χ3v) is 5.13. The fourth-order valence-corrected chi connectivity index (χ4v) is 3.29. The molecule has 1 aliphatic rings. The number of rotatable bonds is 6. The topological polar surface area (TPSA) is 97.9 Å². The number of carbonyl (C=O) groups is 1. The van der Waals surface area contributed by atoms with E-state index in [-0.39, 0.29) is 5.91 Å². The Morgan fingerprint density at radius 3 is 2.81 bits per heavy atom. The van der Waals surface area contributed by atoms with Crippen LogP contribution >= 0.6 is 24.2 Å². The smallest absolute Gasteiger partial charge is 0.294 e. The van der Waals surface area contributed by atoms with Crippen LogP contribution in [-0.4, -0.2) is 35.1 Å². The van der Waals surface area contributed by atoms with Crippen molar-refractivity contribution in [3.63, 3.8) is 0 Å². The summed E-state index contributed by atoms with van der Waals surface area (Å²) in [6, 6.07) is 6.88. The van der Waals surface area contributed by atoms with Gasteiger partial charge in [-0.15, -0.1) is 22.7 Å². The van der Waals surface area contributed by atoms with Gasteiger partial charge in [-0.3, -0.25) is 4.79 Å². The average molecular weight is 412 g/mol. The minimum absolute atomic E-state index is 0.191. The lowest BCUT2D eigenvalue weighted by molar-refractivity contribution is -0.769. The fraction of sp³-hybridized carbons (Fsp3) is 0.353. The Labute approximate surface area is 165 Å². The maximum Gasteiger partial charge on any atom is 0.294 e. The largest absolute Gasteiger partial charge is 0.467 e. The maximum atomic E-state index is 13.0. The van der Waals surface area contributed by atoms with Crippen molar-refractivity contribution in [2.24, 2.45) is 0 Å². The van der Waals surface area contributed by atoms with Crippen LogP contribution in [0.15, 0.2) is 39.8 Å². The number of nitrogens with one attached hydrogen (secondary N) is 1. The van der Waals surface area contributed by atoms with Crippen LogP contribution in [0.4, 0.5) is 5.69 Å². The number of furan rings is 1. The zero-order chi connectivity index (χ0) is 19.4. The van der Waals surface area contributed by atoms with Crippen molar-refractivity contribution in [3.8, 4) is 0 Å². The van der Waals surface area contributed by atoms with Crippen LogP contribution in [0.25, 0.3) is 0 Å². The van der Waals surface area contributed by atoms with Crippen LogP contribution < -0.4 is 5.32 Å². The molecule has 144 valence electrons. The summed E-state index contributed by atoms with van der Waals surface area (Å²) in [4.78, 5) is 30.2. The Morgan fingerprint density at radius 2 is 2.19 bits per heavy atom. The number of piperidine rings is 1. The molecule has 0 spiro atoms. The van der Waals surface area contributed by atoms with Crippen molar-refractivity contribution in [3.05, 3.63) is 57.0 Å². The van der Waals surface area contributed by atoms with Gasteiger partial charge in [-0.1, -0.05) is 11.6 Å². The summed E-state index contributed by atoms with van der Waals surface area (Å²) in [5.74, 6) is 0.528. The number of anilines is 1. The monoisotopic (exact) mass is 411 g/mol. The van der Waals surface area contributed by atoms with Gasteiger partial charge in [-0.05, 0) is 37.1 Å². The third kappa shape index (κ3) is 4.86. The van der Waals surface area contributed by atoms with Crippen molar-refractivity contribution in [2.75, 3.05) is 18.4 Å². The fourth-order valence-electron chi connectivity index (χ4n) is 2.94. The van der Waals surface area contributed by atoms with Crippen LogP contribution in [-0.2, 0) is 11.4 Å². The second-order valence-electron chi connectivity index (χ2n) is 6.10. The number of halogens is 1. The van der Waals surface area contributed by atoms with Crippen molar-refractivity contribution < 1.29 is 19.1 Å². The minimum atomic E-state index is -0.787. The van der Waals surface area contributed by atoms with Crippen LogP contribution in [0.3, 0.4) is 0 Å².